The summed E-state index contributed by atoms with van der Waals surface area (Å²) >= 11 is 0. The number of rotatable bonds is 4. The number of carbonyl (C=O) groups excluding carboxylic acids is 1. The second-order valence-corrected chi connectivity index (χ2v) is 4.41. The third-order valence-electron chi connectivity index (χ3n) is 2.85. The highest BCUT2D eigenvalue weighted by Crippen LogP contribution is 2.27. The van der Waals surface area contributed by atoms with Crippen molar-refractivity contribution < 1.29 is 4.79 Å². The second kappa shape index (κ2) is 7.83. The summed E-state index contributed by atoms with van der Waals surface area (Å²) in [5, 5.41) is 3.18. The van der Waals surface area contributed by atoms with Crippen molar-refractivity contribution in [3.63, 3.8) is 0 Å². The third kappa shape index (κ3) is 4.09. The standard InChI is InChI=1S/C15H16N4O.C2H6/c1-9(16)14-13(6-7-18-15(14)17)19-12-5-3-4-11(8-12)10(2)20;1-2/h3-8H,1,16H2,2H3,(H3,17,18,19);1-2H3. The van der Waals surface area contributed by atoms with E-state index >= 15 is 0 Å². The lowest BCUT2D eigenvalue weighted by Crippen LogP contribution is -2.06. The van der Waals surface area contributed by atoms with Crippen LogP contribution in [0, 0.1) is 0 Å². The molecule has 5 heteroatoms. The van der Waals surface area contributed by atoms with Gasteiger partial charge in [0.1, 0.15) is 5.82 Å². The molecule has 0 atom stereocenters. The largest absolute Gasteiger partial charge is 0.399 e. The maximum Gasteiger partial charge on any atom is 0.159 e. The number of nitrogens with zero attached hydrogens (tertiary/aromatic N) is 1. The lowest BCUT2D eigenvalue weighted by atomic mass is 10.1. The minimum Gasteiger partial charge on any atom is -0.399 e. The third-order valence-corrected chi connectivity index (χ3v) is 2.85. The number of nitrogen functional groups attached to an aromatic ring is 1. The average Bonchev–Trinajstić information content (AvgIpc) is 2.49. The van der Waals surface area contributed by atoms with Gasteiger partial charge in [-0.1, -0.05) is 32.6 Å². The number of aromatic nitrogens is 1. The van der Waals surface area contributed by atoms with E-state index in [0.717, 1.165) is 5.69 Å². The van der Waals surface area contributed by atoms with E-state index in [4.69, 9.17) is 11.5 Å². The number of Topliss-reactive ketones (excluding diaryl/α,β-unsaturated/α-hetero) is 1. The highest BCUT2D eigenvalue weighted by Gasteiger charge is 2.09. The van der Waals surface area contributed by atoms with Crippen LogP contribution in [0.3, 0.4) is 0 Å². The molecule has 0 radical (unpaired) electrons. The van der Waals surface area contributed by atoms with E-state index in [9.17, 15) is 4.79 Å². The highest BCUT2D eigenvalue weighted by atomic mass is 16.1. The molecule has 0 aliphatic heterocycles. The Bertz CT molecular complexity index is 680. The van der Waals surface area contributed by atoms with Gasteiger partial charge < -0.3 is 16.8 Å². The first-order valence-corrected chi connectivity index (χ1v) is 7.06. The number of hydrogen-bond acceptors (Lipinski definition) is 5. The van der Waals surface area contributed by atoms with Gasteiger partial charge in [-0.15, -0.1) is 0 Å². The Hall–Kier alpha value is -2.82. The summed E-state index contributed by atoms with van der Waals surface area (Å²) in [7, 11) is 0. The zero-order chi connectivity index (χ0) is 16.7. The summed E-state index contributed by atoms with van der Waals surface area (Å²) < 4.78 is 0. The van der Waals surface area contributed by atoms with Crippen LogP contribution in [-0.2, 0) is 0 Å². The molecule has 22 heavy (non-hydrogen) atoms. The first-order chi connectivity index (χ1) is 10.5. The predicted octanol–water partition coefficient (Wildman–Crippen LogP) is 3.57. The van der Waals surface area contributed by atoms with Crippen molar-refractivity contribution in [2.75, 3.05) is 11.1 Å². The Kier molecular flexibility index (Phi) is 6.13. The summed E-state index contributed by atoms with van der Waals surface area (Å²) in [5.74, 6) is 0.316. The van der Waals surface area contributed by atoms with Crippen molar-refractivity contribution in [3.05, 3.63) is 54.2 Å². The second-order valence-electron chi connectivity index (χ2n) is 4.41. The predicted molar refractivity (Wildman–Crippen MR) is 92.9 cm³/mol. The van der Waals surface area contributed by atoms with E-state index in [1.165, 1.54) is 6.92 Å². The number of nitrogens with one attached hydrogen (secondary N) is 1. The van der Waals surface area contributed by atoms with Crippen molar-refractivity contribution in [2.45, 2.75) is 20.8 Å². The number of ketones is 1. The van der Waals surface area contributed by atoms with E-state index in [0.29, 0.717) is 28.3 Å². The smallest absolute Gasteiger partial charge is 0.159 e. The van der Waals surface area contributed by atoms with Crippen LogP contribution in [0.25, 0.3) is 5.70 Å². The Labute approximate surface area is 131 Å². The van der Waals surface area contributed by atoms with Crippen molar-refractivity contribution in [3.8, 4) is 0 Å². The van der Waals surface area contributed by atoms with Crippen molar-refractivity contribution in [1.82, 2.24) is 4.98 Å². The Balaban J connectivity index is 0.00000116. The minimum atomic E-state index is 0.00588. The average molecular weight is 298 g/mol. The number of benzene rings is 1. The van der Waals surface area contributed by atoms with Gasteiger partial charge in [0, 0.05) is 23.1 Å². The van der Waals surface area contributed by atoms with Crippen LogP contribution in [-0.4, -0.2) is 10.8 Å². The summed E-state index contributed by atoms with van der Waals surface area (Å²) in [6.07, 6.45) is 1.58. The summed E-state index contributed by atoms with van der Waals surface area (Å²) in [5.41, 5.74) is 14.5. The molecular weight excluding hydrogens is 276 g/mol. The van der Waals surface area contributed by atoms with Crippen LogP contribution in [0.5, 0.6) is 0 Å². The van der Waals surface area contributed by atoms with Crippen LogP contribution in [0.4, 0.5) is 17.2 Å². The van der Waals surface area contributed by atoms with Crippen LogP contribution in [0.1, 0.15) is 36.7 Å². The number of anilines is 3. The van der Waals surface area contributed by atoms with E-state index in [1.54, 1.807) is 30.5 Å². The molecule has 1 aromatic carbocycles. The minimum absolute atomic E-state index is 0.00588. The molecule has 0 amide bonds. The van der Waals surface area contributed by atoms with Gasteiger partial charge in [0.15, 0.2) is 5.78 Å². The Morgan fingerprint density at radius 3 is 2.55 bits per heavy atom. The van der Waals surface area contributed by atoms with Gasteiger partial charge in [0.25, 0.3) is 0 Å². The van der Waals surface area contributed by atoms with Gasteiger partial charge in [-0.3, -0.25) is 4.79 Å². The number of pyridine rings is 1. The first kappa shape index (κ1) is 17.2. The summed E-state index contributed by atoms with van der Waals surface area (Å²) in [4.78, 5) is 15.4. The number of hydrogen-bond donors (Lipinski definition) is 3. The SMILES string of the molecule is C=C(N)c1c(Nc2cccc(C(C)=O)c2)ccnc1N.CC. The zero-order valence-corrected chi connectivity index (χ0v) is 13.2. The molecular formula is C17H22N4O. The molecule has 0 saturated heterocycles. The summed E-state index contributed by atoms with van der Waals surface area (Å²) in [6, 6.07) is 8.94. The van der Waals surface area contributed by atoms with Gasteiger partial charge in [-0.05, 0) is 25.1 Å². The van der Waals surface area contributed by atoms with Gasteiger partial charge >= 0.3 is 0 Å². The van der Waals surface area contributed by atoms with Gasteiger partial charge in [0.05, 0.1) is 11.3 Å². The van der Waals surface area contributed by atoms with E-state index < -0.39 is 0 Å². The zero-order valence-electron chi connectivity index (χ0n) is 13.2. The molecule has 0 aliphatic carbocycles. The van der Waals surface area contributed by atoms with Gasteiger partial charge in [-0.25, -0.2) is 4.98 Å². The van der Waals surface area contributed by atoms with Crippen molar-refractivity contribution in [2.24, 2.45) is 5.73 Å². The molecule has 0 bridgehead atoms. The molecule has 0 fully saturated rings. The fraction of sp³-hybridized carbons (Fsp3) is 0.176. The topological polar surface area (TPSA) is 94.0 Å². The fourth-order valence-electron chi connectivity index (χ4n) is 1.89. The Morgan fingerprint density at radius 1 is 1.27 bits per heavy atom. The maximum atomic E-state index is 11.4. The lowest BCUT2D eigenvalue weighted by molar-refractivity contribution is 0.101. The number of carbonyl (C=O) groups is 1. The van der Waals surface area contributed by atoms with Gasteiger partial charge in [0.2, 0.25) is 0 Å². The normalized spacial score (nSPS) is 9.41. The maximum absolute atomic E-state index is 11.4. The monoisotopic (exact) mass is 298 g/mol. The molecule has 1 aromatic heterocycles. The molecule has 0 saturated carbocycles. The van der Waals surface area contributed by atoms with E-state index in [2.05, 4.69) is 16.9 Å². The Morgan fingerprint density at radius 2 is 1.95 bits per heavy atom. The quantitative estimate of drug-likeness (QED) is 0.750. The fourth-order valence-corrected chi connectivity index (χ4v) is 1.89. The summed E-state index contributed by atoms with van der Waals surface area (Å²) in [6.45, 7) is 9.22. The molecule has 0 aliphatic rings. The van der Waals surface area contributed by atoms with E-state index in [-0.39, 0.29) is 5.78 Å². The van der Waals surface area contributed by atoms with Crippen LogP contribution < -0.4 is 16.8 Å². The number of nitrogens with two attached hydrogens (primary N) is 2. The van der Waals surface area contributed by atoms with Crippen LogP contribution in [0.15, 0.2) is 43.1 Å². The lowest BCUT2D eigenvalue weighted by Gasteiger charge is -2.13. The van der Waals surface area contributed by atoms with Crippen LogP contribution >= 0.6 is 0 Å². The van der Waals surface area contributed by atoms with Gasteiger partial charge in [-0.2, -0.15) is 0 Å². The molecule has 1 heterocycles. The molecule has 5 N–H and O–H groups in total. The molecule has 2 aromatic rings. The van der Waals surface area contributed by atoms with Crippen molar-refractivity contribution >= 4 is 28.7 Å². The first-order valence-electron chi connectivity index (χ1n) is 7.06. The molecule has 116 valence electrons. The molecule has 5 nitrogen and oxygen atoms in total. The van der Waals surface area contributed by atoms with Crippen LogP contribution in [0.2, 0.25) is 0 Å². The molecule has 2 rings (SSSR count). The molecule has 0 unspecified atom stereocenters. The molecule has 0 spiro atoms. The van der Waals surface area contributed by atoms with Crippen molar-refractivity contribution in [1.29, 1.82) is 0 Å². The highest BCUT2D eigenvalue weighted by molar-refractivity contribution is 5.95. The van der Waals surface area contributed by atoms with E-state index in [1.807, 2.05) is 19.9 Å².